The number of unbranched alkanes of at least 4 members (excludes halogenated alkanes) is 3. The van der Waals surface area contributed by atoms with Crippen LogP contribution in [0.15, 0.2) is 0 Å². The summed E-state index contributed by atoms with van der Waals surface area (Å²) in [7, 11) is 2.19. The molecule has 3 aliphatic rings. The average molecular weight is 482 g/mol. The molecule has 5 unspecified atom stereocenters. The van der Waals surface area contributed by atoms with Gasteiger partial charge in [-0.15, -0.1) is 0 Å². The largest absolute Gasteiger partial charge is 0.375 e. The molecule has 0 spiro atoms. The lowest BCUT2D eigenvalue weighted by molar-refractivity contribution is -0.102. The number of ether oxygens (including phenoxy) is 1. The van der Waals surface area contributed by atoms with E-state index in [9.17, 15) is 0 Å². The van der Waals surface area contributed by atoms with Crippen molar-refractivity contribution in [2.45, 2.75) is 101 Å². The molecule has 0 aromatic rings. The van der Waals surface area contributed by atoms with Gasteiger partial charge in [0.25, 0.3) is 0 Å². The molecule has 34 heavy (non-hydrogen) atoms. The summed E-state index contributed by atoms with van der Waals surface area (Å²) in [5.74, 6) is 4.17. The molecule has 3 rings (SSSR count). The predicted octanol–water partition coefficient (Wildman–Crippen LogP) is 6.41. The van der Waals surface area contributed by atoms with Gasteiger partial charge in [0, 0.05) is 19.6 Å². The van der Waals surface area contributed by atoms with Crippen LogP contribution >= 0.6 is 0 Å². The van der Waals surface area contributed by atoms with Crippen LogP contribution < -0.4 is 5.32 Å². The maximum atomic E-state index is 5.94. The summed E-state index contributed by atoms with van der Waals surface area (Å²) in [4.78, 5) is 5.00. The molecule has 204 valence electrons. The maximum absolute atomic E-state index is 5.94. The van der Waals surface area contributed by atoms with Gasteiger partial charge < -0.3 is 19.9 Å². The van der Waals surface area contributed by atoms with Crippen LogP contribution in [0.4, 0.5) is 0 Å². The predicted molar refractivity (Wildman–Crippen MR) is 151 cm³/mol. The summed E-state index contributed by atoms with van der Waals surface area (Å²) in [5, 5.41) is 3.32. The van der Waals surface area contributed by atoms with Crippen LogP contribution in [0.25, 0.3) is 0 Å². The van der Waals surface area contributed by atoms with E-state index < -0.39 is 0 Å². The molecule has 0 radical (unpaired) electrons. The van der Waals surface area contributed by atoms with Crippen molar-refractivity contribution in [2.75, 3.05) is 59.5 Å². The zero-order valence-corrected chi connectivity index (χ0v) is 25.0. The number of nitrogens with zero attached hydrogens (tertiary/aromatic N) is 2. The van der Waals surface area contributed by atoms with Crippen molar-refractivity contribution in [2.24, 2.45) is 35.0 Å². The van der Waals surface area contributed by atoms with E-state index in [1.54, 1.807) is 0 Å². The SMILES string of the molecule is CC(C)C(C)C(C)(C)C1CN(C)CCO1.CC1CNCC1C.CCCCCCN1CCC(C)C1. The molecule has 0 amide bonds. The standard InChI is InChI=1S/C13H27NO.C11H23N.C6H13N/c1-10(2)11(3)13(4,5)12-9-14(6)7-8-15-12;1-3-4-5-6-8-12-9-7-11(2)10-12;1-5-3-7-4-6(5)2/h10-12H,7-9H2,1-6H3;11H,3-10H2,1-2H3;5-7H,3-4H2,1-2H3. The van der Waals surface area contributed by atoms with Gasteiger partial charge in [-0.05, 0) is 81.1 Å². The van der Waals surface area contributed by atoms with Crippen LogP contribution in [0.1, 0.15) is 94.4 Å². The molecule has 3 fully saturated rings. The smallest absolute Gasteiger partial charge is 0.0755 e. The number of likely N-dealkylation sites (N-methyl/N-ethyl adjacent to an activating group) is 1. The van der Waals surface area contributed by atoms with E-state index >= 15 is 0 Å². The molecule has 3 saturated heterocycles. The Labute approximate surface area is 214 Å². The Bertz CT molecular complexity index is 501. The minimum absolute atomic E-state index is 0.267. The van der Waals surface area contributed by atoms with Crippen LogP contribution in [0.5, 0.6) is 0 Å². The fourth-order valence-electron chi connectivity index (χ4n) is 5.31. The van der Waals surface area contributed by atoms with Crippen LogP contribution in [0.2, 0.25) is 0 Å². The van der Waals surface area contributed by atoms with Gasteiger partial charge in [-0.2, -0.15) is 0 Å². The number of morpholine rings is 1. The molecule has 1 N–H and O–H groups in total. The number of hydrogen-bond donors (Lipinski definition) is 1. The van der Waals surface area contributed by atoms with Gasteiger partial charge in [-0.1, -0.05) is 81.6 Å². The van der Waals surface area contributed by atoms with Gasteiger partial charge in [-0.25, -0.2) is 0 Å². The van der Waals surface area contributed by atoms with Crippen LogP contribution in [0, 0.1) is 35.0 Å². The molecule has 3 heterocycles. The Kier molecular flexibility index (Phi) is 15.5. The summed E-state index contributed by atoms with van der Waals surface area (Å²) in [6, 6.07) is 0. The average Bonchev–Trinajstić information content (AvgIpc) is 3.38. The zero-order chi connectivity index (χ0) is 25.7. The van der Waals surface area contributed by atoms with Gasteiger partial charge in [0.15, 0.2) is 0 Å². The third-order valence-corrected chi connectivity index (χ3v) is 9.01. The quantitative estimate of drug-likeness (QED) is 0.406. The van der Waals surface area contributed by atoms with Crippen molar-refractivity contribution in [3.05, 3.63) is 0 Å². The summed E-state index contributed by atoms with van der Waals surface area (Å²) in [6.45, 7) is 30.4. The second kappa shape index (κ2) is 16.6. The van der Waals surface area contributed by atoms with Crippen molar-refractivity contribution < 1.29 is 4.74 Å². The molecular weight excluding hydrogens is 418 g/mol. The van der Waals surface area contributed by atoms with Gasteiger partial charge in [0.05, 0.1) is 12.7 Å². The van der Waals surface area contributed by atoms with Crippen molar-refractivity contribution in [1.29, 1.82) is 0 Å². The highest BCUT2D eigenvalue weighted by molar-refractivity contribution is 4.88. The van der Waals surface area contributed by atoms with E-state index in [0.29, 0.717) is 12.0 Å². The van der Waals surface area contributed by atoms with Gasteiger partial charge >= 0.3 is 0 Å². The van der Waals surface area contributed by atoms with Gasteiger partial charge in [0.1, 0.15) is 0 Å². The minimum atomic E-state index is 0.267. The lowest BCUT2D eigenvalue weighted by atomic mass is 9.70. The first-order valence-corrected chi connectivity index (χ1v) is 14.7. The first-order chi connectivity index (χ1) is 16.0. The molecule has 4 heteroatoms. The Morgan fingerprint density at radius 1 is 0.941 bits per heavy atom. The molecule has 0 aromatic heterocycles. The molecular formula is C30H63N3O. The Morgan fingerprint density at radius 2 is 1.59 bits per heavy atom. The highest BCUT2D eigenvalue weighted by Gasteiger charge is 2.38. The summed E-state index contributed by atoms with van der Waals surface area (Å²) >= 11 is 0. The highest BCUT2D eigenvalue weighted by atomic mass is 16.5. The van der Waals surface area contributed by atoms with E-state index in [1.165, 1.54) is 64.8 Å². The third-order valence-electron chi connectivity index (χ3n) is 9.01. The first-order valence-electron chi connectivity index (χ1n) is 14.7. The van der Waals surface area contributed by atoms with Gasteiger partial charge in [0.2, 0.25) is 0 Å². The van der Waals surface area contributed by atoms with Crippen molar-refractivity contribution in [3.8, 4) is 0 Å². The lowest BCUT2D eigenvalue weighted by Crippen LogP contribution is -2.50. The van der Waals surface area contributed by atoms with Crippen molar-refractivity contribution in [1.82, 2.24) is 15.1 Å². The van der Waals surface area contributed by atoms with Crippen LogP contribution in [-0.4, -0.2) is 75.4 Å². The van der Waals surface area contributed by atoms with Crippen LogP contribution in [-0.2, 0) is 4.74 Å². The molecule has 0 aliphatic carbocycles. The lowest BCUT2D eigenvalue weighted by Gasteiger charge is -2.45. The normalized spacial score (nSPS) is 29.4. The summed E-state index contributed by atoms with van der Waals surface area (Å²) < 4.78 is 5.94. The third kappa shape index (κ3) is 11.7. The summed E-state index contributed by atoms with van der Waals surface area (Å²) in [5.41, 5.74) is 0.267. The number of nitrogens with one attached hydrogen (secondary N) is 1. The van der Waals surface area contributed by atoms with Crippen molar-refractivity contribution >= 4 is 0 Å². The van der Waals surface area contributed by atoms with Crippen LogP contribution in [0.3, 0.4) is 0 Å². The number of rotatable bonds is 8. The number of hydrogen-bond acceptors (Lipinski definition) is 4. The maximum Gasteiger partial charge on any atom is 0.0755 e. The molecule has 4 nitrogen and oxygen atoms in total. The topological polar surface area (TPSA) is 27.7 Å². The van der Waals surface area contributed by atoms with E-state index in [4.69, 9.17) is 4.74 Å². The van der Waals surface area contributed by atoms with E-state index in [0.717, 1.165) is 43.4 Å². The monoisotopic (exact) mass is 481 g/mol. The van der Waals surface area contributed by atoms with E-state index in [1.807, 2.05) is 0 Å². The first kappa shape index (κ1) is 31.9. The summed E-state index contributed by atoms with van der Waals surface area (Å²) in [6.07, 6.45) is 7.43. The fourth-order valence-corrected chi connectivity index (χ4v) is 5.31. The van der Waals surface area contributed by atoms with Crippen molar-refractivity contribution in [3.63, 3.8) is 0 Å². The van der Waals surface area contributed by atoms with Gasteiger partial charge in [-0.3, -0.25) is 0 Å². The zero-order valence-electron chi connectivity index (χ0n) is 25.0. The van der Waals surface area contributed by atoms with E-state index in [-0.39, 0.29) is 5.41 Å². The Hall–Kier alpha value is -0.160. The fraction of sp³-hybridized carbons (Fsp3) is 1.00. The molecule has 3 aliphatic heterocycles. The van der Waals surface area contributed by atoms with E-state index in [2.05, 4.69) is 84.5 Å². The molecule has 5 atom stereocenters. The second-order valence-corrected chi connectivity index (χ2v) is 12.8. The highest BCUT2D eigenvalue weighted by Crippen LogP contribution is 2.38. The molecule has 0 saturated carbocycles. The minimum Gasteiger partial charge on any atom is -0.375 e. The molecule has 0 bridgehead atoms. The second-order valence-electron chi connectivity index (χ2n) is 12.8. The number of likely N-dealkylation sites (tertiary alicyclic amines) is 1. The molecule has 0 aromatic carbocycles. The Balaban J connectivity index is 0.000000271. The Morgan fingerprint density at radius 3 is 2.03 bits per heavy atom.